The van der Waals surface area contributed by atoms with Gasteiger partial charge >= 0.3 is 13.5 Å². The summed E-state index contributed by atoms with van der Waals surface area (Å²) in [4.78, 5) is 38.8. The minimum atomic E-state index is -4.89. The summed E-state index contributed by atoms with van der Waals surface area (Å²) >= 11 is 0. The number of nitrogens with zero attached hydrogens (tertiary/aromatic N) is 2. The Bertz CT molecular complexity index is 1130. The van der Waals surface area contributed by atoms with E-state index in [4.69, 9.17) is 18.7 Å². The number of ether oxygens (including phenoxy) is 3. The number of aromatic amines is 1. The number of phosphoric ester groups is 1. The minimum absolute atomic E-state index is 0.00174. The fraction of sp³-hybridized carbons (Fsp3) is 0.526. The van der Waals surface area contributed by atoms with E-state index in [1.165, 1.54) is 7.11 Å². The first-order chi connectivity index (χ1) is 16.5. The standard InChI is InChI=1S/C19H25FN3O11P/c1-30-9-13(31-8-12-2-5-21-6-3-12)10-32-35(28,29)33-11-19(20)16(26)15(25)17(34-19)23-7-4-14(24)22-18(23)27/h2-7,13,15-17,25-26H,8-11H2,1H3,(H,28,29)(H,22,24,27)/t13?,15-,16+,17-,19-/m1/s1. The summed E-state index contributed by atoms with van der Waals surface area (Å²) in [6, 6.07) is 4.34. The van der Waals surface area contributed by atoms with Crippen molar-refractivity contribution in [2.24, 2.45) is 0 Å². The number of aromatic nitrogens is 3. The normalized spacial score (nSPS) is 26.9. The molecule has 0 radical (unpaired) electrons. The predicted molar refractivity (Wildman–Crippen MR) is 114 cm³/mol. The van der Waals surface area contributed by atoms with Crippen molar-refractivity contribution in [3.63, 3.8) is 0 Å². The molecule has 0 aliphatic carbocycles. The Hall–Kier alpha value is -2.33. The molecule has 0 saturated carbocycles. The van der Waals surface area contributed by atoms with Crippen molar-refractivity contribution < 1.29 is 47.3 Å². The minimum Gasteiger partial charge on any atom is -0.385 e. The molecule has 2 unspecified atom stereocenters. The van der Waals surface area contributed by atoms with Gasteiger partial charge in [-0.25, -0.2) is 13.8 Å². The maximum atomic E-state index is 15.2. The lowest BCUT2D eigenvalue weighted by atomic mass is 10.1. The number of nitrogens with one attached hydrogen (secondary N) is 1. The van der Waals surface area contributed by atoms with E-state index in [1.54, 1.807) is 24.5 Å². The van der Waals surface area contributed by atoms with Crippen LogP contribution in [-0.2, 0) is 34.4 Å². The molecular formula is C19H25FN3O11P. The van der Waals surface area contributed by atoms with Crippen LogP contribution in [0.3, 0.4) is 0 Å². The summed E-state index contributed by atoms with van der Waals surface area (Å²) in [6.45, 7) is -1.66. The molecule has 3 rings (SSSR count). The number of rotatable bonds is 12. The van der Waals surface area contributed by atoms with Crippen LogP contribution in [0.15, 0.2) is 46.4 Å². The molecule has 0 amide bonds. The van der Waals surface area contributed by atoms with Crippen LogP contribution in [0.2, 0.25) is 0 Å². The van der Waals surface area contributed by atoms with Crippen molar-refractivity contribution in [3.8, 4) is 0 Å². The number of phosphoric acid groups is 1. The summed E-state index contributed by atoms with van der Waals surface area (Å²) < 4.78 is 53.1. The SMILES string of the molecule is COCC(COP(=O)(O)OC[C@@]1(F)O[C@@H](n2ccc(=O)[nH]c2=O)[C@H](O)[C@@H]1O)OCc1ccncc1. The highest BCUT2D eigenvalue weighted by Gasteiger charge is 2.57. The third-order valence-electron chi connectivity index (χ3n) is 4.94. The van der Waals surface area contributed by atoms with E-state index in [0.717, 1.165) is 17.8 Å². The van der Waals surface area contributed by atoms with E-state index < -0.39 is 62.7 Å². The smallest absolute Gasteiger partial charge is 0.385 e. The molecule has 6 atom stereocenters. The highest BCUT2D eigenvalue weighted by Crippen LogP contribution is 2.47. The van der Waals surface area contributed by atoms with E-state index >= 15 is 4.39 Å². The van der Waals surface area contributed by atoms with Crippen LogP contribution in [0.25, 0.3) is 0 Å². The Morgan fingerprint density at radius 1 is 1.26 bits per heavy atom. The van der Waals surface area contributed by atoms with Crippen molar-refractivity contribution in [3.05, 3.63) is 63.2 Å². The fourth-order valence-electron chi connectivity index (χ4n) is 3.13. The Balaban J connectivity index is 1.57. The van der Waals surface area contributed by atoms with Crippen LogP contribution < -0.4 is 11.2 Å². The van der Waals surface area contributed by atoms with Gasteiger partial charge in [-0.05, 0) is 17.7 Å². The molecule has 0 aromatic carbocycles. The molecular weight excluding hydrogens is 496 g/mol. The molecule has 3 heterocycles. The first kappa shape index (κ1) is 27.3. The molecule has 0 spiro atoms. The highest BCUT2D eigenvalue weighted by molar-refractivity contribution is 7.47. The van der Waals surface area contributed by atoms with Crippen LogP contribution in [0, 0.1) is 0 Å². The van der Waals surface area contributed by atoms with Crippen molar-refractivity contribution in [2.75, 3.05) is 26.9 Å². The van der Waals surface area contributed by atoms with Gasteiger partial charge in [0, 0.05) is 31.8 Å². The molecule has 35 heavy (non-hydrogen) atoms. The summed E-state index contributed by atoms with van der Waals surface area (Å²) in [5.74, 6) is -3.19. The zero-order chi connectivity index (χ0) is 25.6. The number of pyridine rings is 1. The average molecular weight is 521 g/mol. The number of hydrogen-bond donors (Lipinski definition) is 4. The maximum Gasteiger partial charge on any atom is 0.472 e. The highest BCUT2D eigenvalue weighted by atomic mass is 31.2. The summed E-state index contributed by atoms with van der Waals surface area (Å²) in [7, 11) is -3.50. The lowest BCUT2D eigenvalue weighted by Gasteiger charge is -2.24. The molecule has 0 bridgehead atoms. The van der Waals surface area contributed by atoms with Crippen molar-refractivity contribution in [1.29, 1.82) is 0 Å². The second kappa shape index (κ2) is 11.6. The third-order valence-corrected chi connectivity index (χ3v) is 5.87. The van der Waals surface area contributed by atoms with Gasteiger partial charge in [-0.2, -0.15) is 0 Å². The number of hydrogen-bond acceptors (Lipinski definition) is 11. The van der Waals surface area contributed by atoms with Crippen molar-refractivity contribution >= 4 is 7.82 Å². The van der Waals surface area contributed by atoms with Gasteiger partial charge in [0.25, 0.3) is 11.4 Å². The predicted octanol–water partition coefficient (Wildman–Crippen LogP) is -0.787. The topological polar surface area (TPSA) is 192 Å². The molecule has 16 heteroatoms. The van der Waals surface area contributed by atoms with E-state index in [1.807, 2.05) is 4.98 Å². The largest absolute Gasteiger partial charge is 0.472 e. The molecule has 194 valence electrons. The fourth-order valence-corrected chi connectivity index (χ4v) is 3.90. The second-order valence-electron chi connectivity index (χ2n) is 7.53. The van der Waals surface area contributed by atoms with Crippen molar-refractivity contribution in [1.82, 2.24) is 14.5 Å². The molecule has 1 fully saturated rings. The van der Waals surface area contributed by atoms with Gasteiger partial charge in [0.1, 0.15) is 24.9 Å². The van der Waals surface area contributed by atoms with Crippen LogP contribution in [0.1, 0.15) is 11.8 Å². The summed E-state index contributed by atoms with van der Waals surface area (Å²) in [5.41, 5.74) is -0.999. The van der Waals surface area contributed by atoms with Gasteiger partial charge in [-0.15, -0.1) is 0 Å². The molecule has 2 aromatic rings. The zero-order valence-corrected chi connectivity index (χ0v) is 19.3. The van der Waals surface area contributed by atoms with Gasteiger partial charge in [0.05, 0.1) is 19.8 Å². The molecule has 4 N–H and O–H groups in total. The average Bonchev–Trinajstić information content (AvgIpc) is 3.05. The van der Waals surface area contributed by atoms with Gasteiger partial charge in [0.2, 0.25) is 0 Å². The van der Waals surface area contributed by atoms with Gasteiger partial charge < -0.3 is 29.3 Å². The van der Waals surface area contributed by atoms with Crippen LogP contribution in [-0.4, -0.2) is 80.7 Å². The Morgan fingerprint density at radius 2 is 1.97 bits per heavy atom. The van der Waals surface area contributed by atoms with Crippen LogP contribution in [0.5, 0.6) is 0 Å². The first-order valence-electron chi connectivity index (χ1n) is 10.2. The quantitative estimate of drug-likeness (QED) is 0.255. The van der Waals surface area contributed by atoms with E-state index in [2.05, 4.69) is 9.51 Å². The molecule has 1 aliphatic heterocycles. The second-order valence-corrected chi connectivity index (χ2v) is 8.98. The van der Waals surface area contributed by atoms with Gasteiger partial charge in [-0.1, -0.05) is 0 Å². The summed E-state index contributed by atoms with van der Waals surface area (Å²) in [6.07, 6.45) is -2.72. The number of halogens is 1. The number of H-pyrrole nitrogens is 1. The molecule has 14 nitrogen and oxygen atoms in total. The number of aliphatic hydroxyl groups excluding tert-OH is 2. The maximum absolute atomic E-state index is 15.2. The van der Waals surface area contributed by atoms with Gasteiger partial charge in [-0.3, -0.25) is 28.4 Å². The van der Waals surface area contributed by atoms with Gasteiger partial charge in [0.15, 0.2) is 6.23 Å². The van der Waals surface area contributed by atoms with Crippen LogP contribution in [0.4, 0.5) is 4.39 Å². The Morgan fingerprint density at radius 3 is 2.63 bits per heavy atom. The summed E-state index contributed by atoms with van der Waals surface area (Å²) in [5, 5.41) is 20.2. The number of methoxy groups -OCH3 is 1. The Kier molecular flexibility index (Phi) is 9.04. The van der Waals surface area contributed by atoms with E-state index in [9.17, 15) is 29.3 Å². The first-order valence-corrected chi connectivity index (χ1v) is 11.7. The monoisotopic (exact) mass is 521 g/mol. The lowest BCUT2D eigenvalue weighted by molar-refractivity contribution is -0.205. The van der Waals surface area contributed by atoms with Crippen molar-refractivity contribution in [2.45, 2.75) is 37.0 Å². The molecule has 1 saturated heterocycles. The molecule has 2 aromatic heterocycles. The van der Waals surface area contributed by atoms with E-state index in [-0.39, 0.29) is 13.2 Å². The zero-order valence-electron chi connectivity index (χ0n) is 18.4. The van der Waals surface area contributed by atoms with Crippen LogP contribution >= 0.6 is 7.82 Å². The lowest BCUT2D eigenvalue weighted by Crippen LogP contribution is -2.43. The number of alkyl halides is 1. The molecule has 1 aliphatic rings. The Labute approximate surface area is 197 Å². The van der Waals surface area contributed by atoms with E-state index in [0.29, 0.717) is 4.57 Å². The third kappa shape index (κ3) is 7.10. The number of aliphatic hydroxyl groups is 2.